The Morgan fingerprint density at radius 2 is 2.29 bits per heavy atom. The maximum atomic E-state index is 11.9. The van der Waals surface area contributed by atoms with Gasteiger partial charge in [-0.3, -0.25) is 4.79 Å². The molecular weight excluding hydrogens is 268 g/mol. The summed E-state index contributed by atoms with van der Waals surface area (Å²) in [5.74, 6) is 1.29. The molecule has 1 amide bonds. The molecule has 1 aromatic heterocycles. The number of rotatable bonds is 7. The molecule has 1 heterocycles. The minimum absolute atomic E-state index is 0.0762. The van der Waals surface area contributed by atoms with Crippen LogP contribution in [0.4, 0.5) is 5.69 Å². The summed E-state index contributed by atoms with van der Waals surface area (Å²) in [6.07, 6.45) is 4.45. The van der Waals surface area contributed by atoms with Crippen molar-refractivity contribution in [3.63, 3.8) is 0 Å². The van der Waals surface area contributed by atoms with Gasteiger partial charge in [-0.2, -0.15) is 0 Å². The average Bonchev–Trinajstić information content (AvgIpc) is 3.01. The average molecular weight is 288 g/mol. The van der Waals surface area contributed by atoms with Crippen LogP contribution in [0.2, 0.25) is 0 Å². The summed E-state index contributed by atoms with van der Waals surface area (Å²) in [6, 6.07) is 7.12. The van der Waals surface area contributed by atoms with Crippen LogP contribution in [0.15, 0.2) is 36.7 Å². The smallest absolute Gasteiger partial charge is 0.224 e. The van der Waals surface area contributed by atoms with Gasteiger partial charge in [-0.25, -0.2) is 4.98 Å². The second kappa shape index (κ2) is 7.33. The van der Waals surface area contributed by atoms with Gasteiger partial charge in [0.05, 0.1) is 24.8 Å². The number of aromatic amines is 1. The molecule has 6 heteroatoms. The van der Waals surface area contributed by atoms with Gasteiger partial charge in [0.15, 0.2) is 0 Å². The molecule has 0 saturated heterocycles. The van der Waals surface area contributed by atoms with E-state index in [9.17, 15) is 4.79 Å². The molecule has 1 unspecified atom stereocenters. The number of nitrogens with two attached hydrogens (primary N) is 1. The molecule has 0 fully saturated rings. The third kappa shape index (κ3) is 4.24. The molecule has 6 nitrogen and oxygen atoms in total. The summed E-state index contributed by atoms with van der Waals surface area (Å²) < 4.78 is 5.50. The van der Waals surface area contributed by atoms with Crippen LogP contribution >= 0.6 is 0 Å². The lowest BCUT2D eigenvalue weighted by atomic mass is 10.2. The monoisotopic (exact) mass is 288 g/mol. The van der Waals surface area contributed by atoms with Gasteiger partial charge in [0.2, 0.25) is 5.91 Å². The summed E-state index contributed by atoms with van der Waals surface area (Å²) in [7, 11) is 0. The van der Waals surface area contributed by atoms with E-state index in [1.54, 1.807) is 24.5 Å². The maximum absolute atomic E-state index is 11.9. The lowest BCUT2D eigenvalue weighted by Crippen LogP contribution is -2.29. The molecule has 21 heavy (non-hydrogen) atoms. The Morgan fingerprint density at radius 1 is 1.48 bits per heavy atom. The number of ether oxygens (including phenoxy) is 1. The molecule has 0 spiro atoms. The first-order chi connectivity index (χ1) is 10.2. The predicted molar refractivity (Wildman–Crippen MR) is 80.7 cm³/mol. The molecule has 0 aliphatic carbocycles. The van der Waals surface area contributed by atoms with E-state index in [1.165, 1.54) is 0 Å². The molecule has 1 aromatic carbocycles. The fourth-order valence-corrected chi connectivity index (χ4v) is 1.96. The number of nitrogen functional groups attached to an aromatic ring is 1. The highest BCUT2D eigenvalue weighted by atomic mass is 16.5. The Morgan fingerprint density at radius 3 is 2.95 bits per heavy atom. The lowest BCUT2D eigenvalue weighted by molar-refractivity contribution is -0.122. The van der Waals surface area contributed by atoms with Crippen molar-refractivity contribution in [1.82, 2.24) is 15.3 Å². The zero-order valence-electron chi connectivity index (χ0n) is 12.0. The predicted octanol–water partition coefficient (Wildman–Crippen LogP) is 2.03. The first-order valence-corrected chi connectivity index (χ1v) is 6.96. The maximum Gasteiger partial charge on any atom is 0.224 e. The fourth-order valence-electron chi connectivity index (χ4n) is 1.96. The van der Waals surface area contributed by atoms with Crippen LogP contribution in [-0.4, -0.2) is 22.5 Å². The van der Waals surface area contributed by atoms with Crippen LogP contribution in [0.5, 0.6) is 5.75 Å². The number of aromatic nitrogens is 2. The van der Waals surface area contributed by atoms with Gasteiger partial charge in [0.25, 0.3) is 0 Å². The molecule has 4 N–H and O–H groups in total. The van der Waals surface area contributed by atoms with Crippen LogP contribution in [0, 0.1) is 0 Å². The number of benzene rings is 1. The molecule has 0 saturated carbocycles. The summed E-state index contributed by atoms with van der Waals surface area (Å²) >= 11 is 0. The van der Waals surface area contributed by atoms with Crippen molar-refractivity contribution in [2.75, 3.05) is 12.3 Å². The van der Waals surface area contributed by atoms with Gasteiger partial charge >= 0.3 is 0 Å². The van der Waals surface area contributed by atoms with Crippen LogP contribution in [0.3, 0.4) is 0 Å². The molecule has 0 radical (unpaired) electrons. The standard InChI is InChI=1S/C15H20N4O2/c1-2-12(15-17-8-9-18-15)19-14(20)7-10-21-13-6-4-3-5-11(13)16/h3-6,8-9,12H,2,7,10,16H2,1H3,(H,17,18)(H,19,20). The van der Waals surface area contributed by atoms with Gasteiger partial charge in [-0.1, -0.05) is 19.1 Å². The van der Waals surface area contributed by atoms with Crippen LogP contribution in [-0.2, 0) is 4.79 Å². The zero-order chi connectivity index (χ0) is 15.1. The van der Waals surface area contributed by atoms with E-state index in [-0.39, 0.29) is 25.0 Å². The van der Waals surface area contributed by atoms with Crippen molar-refractivity contribution in [2.24, 2.45) is 0 Å². The second-order valence-electron chi connectivity index (χ2n) is 4.64. The highest BCUT2D eigenvalue weighted by Gasteiger charge is 2.14. The number of H-pyrrole nitrogens is 1. The highest BCUT2D eigenvalue weighted by Crippen LogP contribution is 2.19. The Kier molecular flexibility index (Phi) is 5.20. The molecule has 2 rings (SSSR count). The van der Waals surface area contributed by atoms with E-state index in [2.05, 4.69) is 15.3 Å². The molecular formula is C15H20N4O2. The van der Waals surface area contributed by atoms with Gasteiger partial charge in [-0.05, 0) is 18.6 Å². The first kappa shape index (κ1) is 14.9. The van der Waals surface area contributed by atoms with Crippen molar-refractivity contribution in [2.45, 2.75) is 25.8 Å². The Labute approximate surface area is 123 Å². The Bertz CT molecular complexity index is 569. The number of amides is 1. The normalized spacial score (nSPS) is 11.9. The van der Waals surface area contributed by atoms with Crippen LogP contribution in [0.25, 0.3) is 0 Å². The largest absolute Gasteiger partial charge is 0.491 e. The number of hydrogen-bond acceptors (Lipinski definition) is 4. The second-order valence-corrected chi connectivity index (χ2v) is 4.64. The number of anilines is 1. The molecule has 0 aliphatic heterocycles. The third-order valence-electron chi connectivity index (χ3n) is 3.10. The molecule has 112 valence electrons. The SMILES string of the molecule is CCC(NC(=O)CCOc1ccccc1N)c1ncc[nH]1. The van der Waals surface area contributed by atoms with Crippen molar-refractivity contribution < 1.29 is 9.53 Å². The van der Waals surface area contributed by atoms with E-state index in [4.69, 9.17) is 10.5 Å². The number of imidazole rings is 1. The van der Waals surface area contributed by atoms with E-state index in [1.807, 2.05) is 19.1 Å². The number of carbonyl (C=O) groups is 1. The highest BCUT2D eigenvalue weighted by molar-refractivity contribution is 5.76. The van der Waals surface area contributed by atoms with E-state index >= 15 is 0 Å². The van der Waals surface area contributed by atoms with E-state index in [0.29, 0.717) is 11.4 Å². The Balaban J connectivity index is 1.78. The van der Waals surface area contributed by atoms with Gasteiger partial charge < -0.3 is 20.8 Å². The van der Waals surface area contributed by atoms with Gasteiger partial charge in [0.1, 0.15) is 11.6 Å². The first-order valence-electron chi connectivity index (χ1n) is 6.96. The van der Waals surface area contributed by atoms with Gasteiger partial charge in [-0.15, -0.1) is 0 Å². The quantitative estimate of drug-likeness (QED) is 0.680. The number of nitrogens with zero attached hydrogens (tertiary/aromatic N) is 1. The Hall–Kier alpha value is -2.50. The summed E-state index contributed by atoms with van der Waals surface area (Å²) in [5, 5.41) is 2.93. The summed E-state index contributed by atoms with van der Waals surface area (Å²) in [5.41, 5.74) is 6.34. The lowest BCUT2D eigenvalue weighted by Gasteiger charge is -2.15. The van der Waals surface area contributed by atoms with Crippen molar-refractivity contribution >= 4 is 11.6 Å². The number of hydrogen-bond donors (Lipinski definition) is 3. The van der Waals surface area contributed by atoms with E-state index in [0.717, 1.165) is 12.2 Å². The number of nitrogens with one attached hydrogen (secondary N) is 2. The van der Waals surface area contributed by atoms with Crippen molar-refractivity contribution in [3.8, 4) is 5.75 Å². The summed E-state index contributed by atoms with van der Waals surface area (Å²) in [6.45, 7) is 2.28. The topological polar surface area (TPSA) is 93.0 Å². The molecule has 0 aliphatic rings. The summed E-state index contributed by atoms with van der Waals surface area (Å²) in [4.78, 5) is 19.1. The third-order valence-corrected chi connectivity index (χ3v) is 3.10. The number of carbonyl (C=O) groups excluding carboxylic acids is 1. The number of para-hydroxylation sites is 2. The van der Waals surface area contributed by atoms with Gasteiger partial charge in [0, 0.05) is 12.4 Å². The molecule has 0 bridgehead atoms. The fraction of sp³-hybridized carbons (Fsp3) is 0.333. The minimum Gasteiger partial charge on any atom is -0.491 e. The molecule has 1 atom stereocenters. The van der Waals surface area contributed by atoms with Crippen LogP contribution in [0.1, 0.15) is 31.6 Å². The minimum atomic E-state index is -0.103. The van der Waals surface area contributed by atoms with E-state index < -0.39 is 0 Å². The zero-order valence-corrected chi connectivity index (χ0v) is 12.0. The van der Waals surface area contributed by atoms with Crippen LogP contribution < -0.4 is 15.8 Å². The van der Waals surface area contributed by atoms with Crippen molar-refractivity contribution in [3.05, 3.63) is 42.5 Å². The molecule has 2 aromatic rings. The van der Waals surface area contributed by atoms with Crippen molar-refractivity contribution in [1.29, 1.82) is 0 Å².